The van der Waals surface area contributed by atoms with Gasteiger partial charge < -0.3 is 0 Å². The lowest BCUT2D eigenvalue weighted by Crippen LogP contribution is -2.26. The Kier molecular flexibility index (Phi) is 6.50. The molecule has 3 nitrogen and oxygen atoms in total. The van der Waals surface area contributed by atoms with Crippen LogP contribution in [-0.4, -0.2) is 13.0 Å². The Morgan fingerprint density at radius 2 is 1.84 bits per heavy atom. The van der Waals surface area contributed by atoms with Crippen LogP contribution in [0.15, 0.2) is 24.3 Å². The van der Waals surface area contributed by atoms with Gasteiger partial charge in [0.2, 0.25) is 5.91 Å². The van der Waals surface area contributed by atoms with E-state index in [1.54, 1.807) is 12.1 Å². The van der Waals surface area contributed by atoms with Crippen LogP contribution in [0.5, 0.6) is 0 Å². The second kappa shape index (κ2) is 7.89. The lowest BCUT2D eigenvalue weighted by Gasteiger charge is -2.25. The summed E-state index contributed by atoms with van der Waals surface area (Å²) >= 11 is 0. The van der Waals surface area contributed by atoms with Crippen LogP contribution in [0.1, 0.15) is 44.6 Å². The van der Waals surface area contributed by atoms with Gasteiger partial charge in [-0.2, -0.15) is 0 Å². The predicted molar refractivity (Wildman–Crippen MR) is 73.0 cm³/mol. The quantitative estimate of drug-likeness (QED) is 0.769. The van der Waals surface area contributed by atoms with Crippen LogP contribution in [-0.2, 0) is 9.63 Å². The number of amides is 1. The maximum Gasteiger partial charge on any atom is 0.244 e. The molecule has 1 aromatic carbocycles. The molecule has 1 unspecified atom stereocenters. The Balaban J connectivity index is 2.91. The number of hydrogen-bond donors (Lipinski definition) is 1. The molecule has 0 bridgehead atoms. The van der Waals surface area contributed by atoms with Crippen molar-refractivity contribution in [3.05, 3.63) is 35.6 Å². The van der Waals surface area contributed by atoms with Crippen molar-refractivity contribution in [3.8, 4) is 0 Å². The molecule has 0 saturated heterocycles. The van der Waals surface area contributed by atoms with Gasteiger partial charge in [0.1, 0.15) is 5.82 Å². The Hall–Kier alpha value is -1.42. The summed E-state index contributed by atoms with van der Waals surface area (Å²) in [5.41, 5.74) is 3.35. The number of carbonyl (C=O) groups is 1. The highest BCUT2D eigenvalue weighted by Crippen LogP contribution is 2.32. The zero-order chi connectivity index (χ0) is 14.3. The molecular formula is C15H22FNO2. The molecule has 0 aliphatic rings. The molecule has 0 aromatic heterocycles. The number of rotatable bonds is 7. The monoisotopic (exact) mass is 267 g/mol. The van der Waals surface area contributed by atoms with E-state index in [1.807, 2.05) is 0 Å². The zero-order valence-electron chi connectivity index (χ0n) is 11.8. The van der Waals surface area contributed by atoms with Crippen LogP contribution in [0.3, 0.4) is 0 Å². The van der Waals surface area contributed by atoms with Crippen LogP contribution in [0.2, 0.25) is 0 Å². The molecule has 1 N–H and O–H groups in total. The smallest absolute Gasteiger partial charge is 0.244 e. The molecule has 0 aliphatic heterocycles. The van der Waals surface area contributed by atoms with Gasteiger partial charge in [-0.05, 0) is 29.5 Å². The molecule has 0 radical (unpaired) electrons. The van der Waals surface area contributed by atoms with Crippen molar-refractivity contribution in [2.45, 2.75) is 39.0 Å². The molecule has 0 fully saturated rings. The van der Waals surface area contributed by atoms with Gasteiger partial charge in [0.25, 0.3) is 0 Å². The molecule has 106 valence electrons. The highest BCUT2D eigenvalue weighted by atomic mass is 19.1. The first-order valence-corrected chi connectivity index (χ1v) is 6.69. The number of hydroxylamine groups is 1. The van der Waals surface area contributed by atoms with Gasteiger partial charge >= 0.3 is 0 Å². The Bertz CT molecular complexity index is 388. The van der Waals surface area contributed by atoms with Crippen molar-refractivity contribution in [2.75, 3.05) is 7.11 Å². The number of halogens is 1. The molecule has 0 spiro atoms. The van der Waals surface area contributed by atoms with E-state index < -0.39 is 0 Å². The average Bonchev–Trinajstić information content (AvgIpc) is 2.40. The summed E-state index contributed by atoms with van der Waals surface area (Å²) in [6.45, 7) is 4.22. The third kappa shape index (κ3) is 4.63. The van der Waals surface area contributed by atoms with Gasteiger partial charge in [0.15, 0.2) is 0 Å². The molecule has 19 heavy (non-hydrogen) atoms. The molecular weight excluding hydrogens is 245 g/mol. The zero-order valence-corrected chi connectivity index (χ0v) is 11.8. The van der Waals surface area contributed by atoms with Crippen LogP contribution >= 0.6 is 0 Å². The fourth-order valence-electron chi connectivity index (χ4n) is 2.48. The molecule has 1 amide bonds. The maximum absolute atomic E-state index is 13.0. The van der Waals surface area contributed by atoms with Crippen molar-refractivity contribution in [3.63, 3.8) is 0 Å². The second-order valence-corrected chi connectivity index (χ2v) is 4.67. The van der Waals surface area contributed by atoms with Gasteiger partial charge in [-0.1, -0.05) is 38.8 Å². The van der Waals surface area contributed by atoms with Gasteiger partial charge in [-0.3, -0.25) is 9.63 Å². The standard InChI is InChI=1S/C15H22FNO2/c1-4-11(5-2)14(10-15(18)17-19-3)12-6-8-13(16)9-7-12/h6-9,11,14H,4-5,10H2,1-3H3,(H,17,18). The molecule has 0 aliphatic carbocycles. The molecule has 1 rings (SSSR count). The fraction of sp³-hybridized carbons (Fsp3) is 0.533. The van der Waals surface area contributed by atoms with Gasteiger partial charge in [0, 0.05) is 6.42 Å². The van der Waals surface area contributed by atoms with E-state index in [2.05, 4.69) is 24.2 Å². The summed E-state index contributed by atoms with van der Waals surface area (Å²) < 4.78 is 13.0. The lowest BCUT2D eigenvalue weighted by atomic mass is 9.80. The molecule has 1 atom stereocenters. The topological polar surface area (TPSA) is 38.3 Å². The number of carbonyl (C=O) groups excluding carboxylic acids is 1. The number of hydrogen-bond acceptors (Lipinski definition) is 2. The third-order valence-corrected chi connectivity index (χ3v) is 3.54. The van der Waals surface area contributed by atoms with E-state index in [-0.39, 0.29) is 17.6 Å². The molecule has 0 saturated carbocycles. The molecule has 1 aromatic rings. The van der Waals surface area contributed by atoms with Crippen LogP contribution in [0.25, 0.3) is 0 Å². The van der Waals surface area contributed by atoms with E-state index in [4.69, 9.17) is 0 Å². The Morgan fingerprint density at radius 3 is 2.32 bits per heavy atom. The van der Waals surface area contributed by atoms with Crippen molar-refractivity contribution in [1.82, 2.24) is 5.48 Å². The third-order valence-electron chi connectivity index (χ3n) is 3.54. The number of benzene rings is 1. The summed E-state index contributed by atoms with van der Waals surface area (Å²) in [6.07, 6.45) is 2.32. The highest BCUT2D eigenvalue weighted by molar-refractivity contribution is 5.75. The summed E-state index contributed by atoms with van der Waals surface area (Å²) in [4.78, 5) is 16.4. The molecule has 4 heteroatoms. The van der Waals surface area contributed by atoms with Gasteiger partial charge in [-0.25, -0.2) is 9.87 Å². The van der Waals surface area contributed by atoms with Crippen molar-refractivity contribution in [2.24, 2.45) is 5.92 Å². The first-order chi connectivity index (χ1) is 9.12. The van der Waals surface area contributed by atoms with Gasteiger partial charge in [0.05, 0.1) is 7.11 Å². The minimum Gasteiger partial charge on any atom is -0.277 e. The minimum absolute atomic E-state index is 0.0887. The average molecular weight is 267 g/mol. The summed E-state index contributed by atoms with van der Waals surface area (Å²) in [5, 5.41) is 0. The molecule has 0 heterocycles. The van der Waals surface area contributed by atoms with E-state index in [0.717, 1.165) is 18.4 Å². The van der Waals surface area contributed by atoms with E-state index in [0.29, 0.717) is 12.3 Å². The van der Waals surface area contributed by atoms with E-state index >= 15 is 0 Å². The minimum atomic E-state index is -0.256. The van der Waals surface area contributed by atoms with Crippen molar-refractivity contribution < 1.29 is 14.0 Å². The van der Waals surface area contributed by atoms with Crippen molar-refractivity contribution in [1.29, 1.82) is 0 Å². The largest absolute Gasteiger partial charge is 0.277 e. The van der Waals surface area contributed by atoms with Gasteiger partial charge in [-0.15, -0.1) is 0 Å². The predicted octanol–water partition coefficient (Wildman–Crippen LogP) is 3.41. The maximum atomic E-state index is 13.0. The van der Waals surface area contributed by atoms with Crippen LogP contribution in [0, 0.1) is 11.7 Å². The van der Waals surface area contributed by atoms with Crippen molar-refractivity contribution >= 4 is 5.91 Å². The summed E-state index contributed by atoms with van der Waals surface area (Å²) in [7, 11) is 1.42. The number of nitrogens with one attached hydrogen (secondary N) is 1. The summed E-state index contributed by atoms with van der Waals surface area (Å²) in [5.74, 6) is 0.0796. The highest BCUT2D eigenvalue weighted by Gasteiger charge is 2.23. The first kappa shape index (κ1) is 15.6. The van der Waals surface area contributed by atoms with Crippen LogP contribution < -0.4 is 5.48 Å². The fourth-order valence-corrected chi connectivity index (χ4v) is 2.48. The second-order valence-electron chi connectivity index (χ2n) is 4.67. The lowest BCUT2D eigenvalue weighted by molar-refractivity contribution is -0.132. The summed E-state index contributed by atoms with van der Waals surface area (Å²) in [6, 6.07) is 6.41. The first-order valence-electron chi connectivity index (χ1n) is 6.69. The Morgan fingerprint density at radius 1 is 1.26 bits per heavy atom. The van der Waals surface area contributed by atoms with Crippen LogP contribution in [0.4, 0.5) is 4.39 Å². The SMILES string of the molecule is CCC(CC)C(CC(=O)NOC)c1ccc(F)cc1. The van der Waals surface area contributed by atoms with E-state index in [9.17, 15) is 9.18 Å². The van der Waals surface area contributed by atoms with E-state index in [1.165, 1.54) is 19.2 Å². The normalized spacial score (nSPS) is 12.5. The Labute approximate surface area is 114 Å².